The van der Waals surface area contributed by atoms with Gasteiger partial charge in [-0.15, -0.1) is 0 Å². The number of carbonyl (C=O) groups excluding carboxylic acids is 1. The van der Waals surface area contributed by atoms with E-state index < -0.39 is 0 Å². The Labute approximate surface area is 117 Å². The zero-order valence-electron chi connectivity index (χ0n) is 11.4. The van der Waals surface area contributed by atoms with E-state index in [-0.39, 0.29) is 5.91 Å². The van der Waals surface area contributed by atoms with Crippen LogP contribution in [0.1, 0.15) is 15.9 Å². The fraction of sp³-hybridized carbons (Fsp3) is 0.125. The quantitative estimate of drug-likeness (QED) is 0.773. The van der Waals surface area contributed by atoms with E-state index in [0.717, 1.165) is 22.3 Å². The monoisotopic (exact) mass is 265 g/mol. The summed E-state index contributed by atoms with van der Waals surface area (Å²) in [6, 6.07) is 13.3. The summed E-state index contributed by atoms with van der Waals surface area (Å²) in [5.41, 5.74) is 4.40. The second kappa shape index (κ2) is 4.81. The second-order valence-electron chi connectivity index (χ2n) is 4.88. The molecule has 0 unspecified atom stereocenters. The molecule has 100 valence electrons. The minimum absolute atomic E-state index is 0.124. The zero-order valence-corrected chi connectivity index (χ0v) is 11.4. The van der Waals surface area contributed by atoms with E-state index >= 15 is 0 Å². The summed E-state index contributed by atoms with van der Waals surface area (Å²) in [6.07, 6.45) is 1.74. The van der Waals surface area contributed by atoms with Gasteiger partial charge >= 0.3 is 0 Å². The zero-order chi connectivity index (χ0) is 14.1. The van der Waals surface area contributed by atoms with Crippen LogP contribution in [0.5, 0.6) is 0 Å². The fourth-order valence-corrected chi connectivity index (χ4v) is 2.12. The van der Waals surface area contributed by atoms with Gasteiger partial charge in [-0.3, -0.25) is 4.79 Å². The van der Waals surface area contributed by atoms with Gasteiger partial charge in [0.2, 0.25) is 0 Å². The van der Waals surface area contributed by atoms with Crippen molar-refractivity contribution in [2.45, 2.75) is 6.92 Å². The first kappa shape index (κ1) is 12.4. The standard InChI is InChI=1S/C16H15N3O/c1-11-3-6-13(7-4-11)18-16(20)12-5-8-15-14(9-12)17-10-19(15)2/h3-10H,1-2H3,(H,18,20). The average Bonchev–Trinajstić information content (AvgIpc) is 2.82. The highest BCUT2D eigenvalue weighted by Crippen LogP contribution is 2.16. The molecule has 20 heavy (non-hydrogen) atoms. The summed E-state index contributed by atoms with van der Waals surface area (Å²) in [4.78, 5) is 16.5. The molecule has 0 saturated heterocycles. The van der Waals surface area contributed by atoms with Crippen LogP contribution < -0.4 is 5.32 Å². The number of nitrogens with one attached hydrogen (secondary N) is 1. The first-order valence-electron chi connectivity index (χ1n) is 6.42. The minimum Gasteiger partial charge on any atom is -0.334 e. The number of nitrogens with zero attached hydrogens (tertiary/aromatic N) is 2. The van der Waals surface area contributed by atoms with E-state index in [1.807, 2.05) is 54.9 Å². The van der Waals surface area contributed by atoms with Gasteiger partial charge < -0.3 is 9.88 Å². The van der Waals surface area contributed by atoms with Crippen molar-refractivity contribution in [1.29, 1.82) is 0 Å². The smallest absolute Gasteiger partial charge is 0.255 e. The van der Waals surface area contributed by atoms with Gasteiger partial charge in [0.1, 0.15) is 0 Å². The number of imidazole rings is 1. The SMILES string of the molecule is Cc1ccc(NC(=O)c2ccc3c(c2)ncn3C)cc1. The molecule has 3 aromatic rings. The third-order valence-corrected chi connectivity index (χ3v) is 3.30. The summed E-state index contributed by atoms with van der Waals surface area (Å²) < 4.78 is 1.93. The molecular weight excluding hydrogens is 250 g/mol. The predicted molar refractivity (Wildman–Crippen MR) is 79.8 cm³/mol. The van der Waals surface area contributed by atoms with Gasteiger partial charge in [0.25, 0.3) is 5.91 Å². The molecule has 1 aromatic heterocycles. The van der Waals surface area contributed by atoms with Crippen molar-refractivity contribution < 1.29 is 4.79 Å². The Morgan fingerprint density at radius 3 is 2.65 bits per heavy atom. The van der Waals surface area contributed by atoms with E-state index in [2.05, 4.69) is 10.3 Å². The van der Waals surface area contributed by atoms with Crippen LogP contribution >= 0.6 is 0 Å². The van der Waals surface area contributed by atoms with Gasteiger partial charge in [-0.1, -0.05) is 17.7 Å². The van der Waals surface area contributed by atoms with Crippen molar-refractivity contribution in [3.63, 3.8) is 0 Å². The summed E-state index contributed by atoms with van der Waals surface area (Å²) in [5.74, 6) is -0.124. The van der Waals surface area contributed by atoms with Crippen LogP contribution in [0.2, 0.25) is 0 Å². The first-order valence-corrected chi connectivity index (χ1v) is 6.42. The number of hydrogen-bond donors (Lipinski definition) is 1. The molecule has 4 nitrogen and oxygen atoms in total. The summed E-state index contributed by atoms with van der Waals surface area (Å²) in [5, 5.41) is 2.88. The molecule has 3 rings (SSSR count). The largest absolute Gasteiger partial charge is 0.334 e. The lowest BCUT2D eigenvalue weighted by molar-refractivity contribution is 0.102. The highest BCUT2D eigenvalue weighted by Gasteiger charge is 2.08. The Morgan fingerprint density at radius 2 is 1.90 bits per heavy atom. The fourth-order valence-electron chi connectivity index (χ4n) is 2.12. The number of carbonyl (C=O) groups is 1. The number of benzene rings is 2. The van der Waals surface area contributed by atoms with E-state index in [4.69, 9.17) is 0 Å². The first-order chi connectivity index (χ1) is 9.63. The molecule has 0 aliphatic carbocycles. The number of rotatable bonds is 2. The molecule has 4 heteroatoms. The Kier molecular flexibility index (Phi) is 2.99. The van der Waals surface area contributed by atoms with E-state index in [0.29, 0.717) is 5.56 Å². The molecule has 2 aromatic carbocycles. The molecule has 0 atom stereocenters. The third-order valence-electron chi connectivity index (χ3n) is 3.30. The number of fused-ring (bicyclic) bond motifs is 1. The van der Waals surface area contributed by atoms with Crippen molar-refractivity contribution >= 4 is 22.6 Å². The Morgan fingerprint density at radius 1 is 1.15 bits per heavy atom. The molecule has 0 aliphatic heterocycles. The van der Waals surface area contributed by atoms with Crippen molar-refractivity contribution in [3.05, 3.63) is 59.9 Å². The summed E-state index contributed by atoms with van der Waals surface area (Å²) in [6.45, 7) is 2.01. The lowest BCUT2D eigenvalue weighted by Crippen LogP contribution is -2.11. The molecule has 0 fully saturated rings. The molecular formula is C16H15N3O. The van der Waals surface area contributed by atoms with E-state index in [1.165, 1.54) is 0 Å². The average molecular weight is 265 g/mol. The number of hydrogen-bond acceptors (Lipinski definition) is 2. The molecule has 1 N–H and O–H groups in total. The van der Waals surface area contributed by atoms with Crippen LogP contribution in [-0.2, 0) is 7.05 Å². The van der Waals surface area contributed by atoms with Crippen molar-refractivity contribution in [2.75, 3.05) is 5.32 Å². The van der Waals surface area contributed by atoms with Gasteiger partial charge in [-0.05, 0) is 37.3 Å². The lowest BCUT2D eigenvalue weighted by Gasteiger charge is -2.05. The van der Waals surface area contributed by atoms with Gasteiger partial charge in [-0.2, -0.15) is 0 Å². The molecule has 1 amide bonds. The Hall–Kier alpha value is -2.62. The lowest BCUT2D eigenvalue weighted by atomic mass is 10.1. The molecule has 0 aliphatic rings. The second-order valence-corrected chi connectivity index (χ2v) is 4.88. The van der Waals surface area contributed by atoms with Crippen LogP contribution in [-0.4, -0.2) is 15.5 Å². The van der Waals surface area contributed by atoms with Crippen LogP contribution in [0.25, 0.3) is 11.0 Å². The maximum absolute atomic E-state index is 12.2. The van der Waals surface area contributed by atoms with Gasteiger partial charge in [0.15, 0.2) is 0 Å². The molecule has 0 bridgehead atoms. The summed E-state index contributed by atoms with van der Waals surface area (Å²) in [7, 11) is 1.93. The van der Waals surface area contributed by atoms with Crippen molar-refractivity contribution in [2.24, 2.45) is 7.05 Å². The Bertz CT molecular complexity index is 772. The Balaban J connectivity index is 1.86. The van der Waals surface area contributed by atoms with Crippen molar-refractivity contribution in [3.8, 4) is 0 Å². The highest BCUT2D eigenvalue weighted by atomic mass is 16.1. The predicted octanol–water partition coefficient (Wildman–Crippen LogP) is 3.13. The topological polar surface area (TPSA) is 46.9 Å². The van der Waals surface area contributed by atoms with Crippen LogP contribution in [0, 0.1) is 6.92 Å². The molecule has 0 spiro atoms. The third kappa shape index (κ3) is 2.28. The molecule has 0 saturated carbocycles. The maximum Gasteiger partial charge on any atom is 0.255 e. The number of aromatic nitrogens is 2. The molecule has 1 heterocycles. The minimum atomic E-state index is -0.124. The maximum atomic E-state index is 12.2. The number of aryl methyl sites for hydroxylation is 2. The summed E-state index contributed by atoms with van der Waals surface area (Å²) >= 11 is 0. The number of anilines is 1. The number of amides is 1. The van der Waals surface area contributed by atoms with Crippen LogP contribution in [0.15, 0.2) is 48.8 Å². The van der Waals surface area contributed by atoms with E-state index in [1.54, 1.807) is 12.4 Å². The van der Waals surface area contributed by atoms with E-state index in [9.17, 15) is 4.79 Å². The van der Waals surface area contributed by atoms with Gasteiger partial charge in [0.05, 0.1) is 17.4 Å². The van der Waals surface area contributed by atoms with Crippen LogP contribution in [0.3, 0.4) is 0 Å². The highest BCUT2D eigenvalue weighted by molar-refractivity contribution is 6.05. The van der Waals surface area contributed by atoms with Gasteiger partial charge in [0, 0.05) is 18.3 Å². The van der Waals surface area contributed by atoms with Gasteiger partial charge in [-0.25, -0.2) is 4.98 Å². The van der Waals surface area contributed by atoms with Crippen molar-refractivity contribution in [1.82, 2.24) is 9.55 Å². The molecule has 0 radical (unpaired) electrons. The normalized spacial score (nSPS) is 10.7. The van der Waals surface area contributed by atoms with Crippen LogP contribution in [0.4, 0.5) is 5.69 Å².